The summed E-state index contributed by atoms with van der Waals surface area (Å²) in [5.74, 6) is 0.796. The molecule has 1 saturated carbocycles. The van der Waals surface area contributed by atoms with E-state index in [4.69, 9.17) is 0 Å². The van der Waals surface area contributed by atoms with Crippen LogP contribution >= 0.6 is 0 Å². The van der Waals surface area contributed by atoms with Gasteiger partial charge in [0.2, 0.25) is 0 Å². The molecule has 0 unspecified atom stereocenters. The van der Waals surface area contributed by atoms with Gasteiger partial charge in [0.05, 0.1) is 0 Å². The van der Waals surface area contributed by atoms with Crippen molar-refractivity contribution in [1.29, 1.82) is 0 Å². The zero-order valence-electron chi connectivity index (χ0n) is 14.8. The molecule has 0 aliphatic heterocycles. The maximum absolute atomic E-state index is 2.40. The minimum absolute atomic E-state index is 0. The minimum Gasteiger partial charge on any atom is -0.0870 e. The van der Waals surface area contributed by atoms with Gasteiger partial charge in [0.25, 0.3) is 0 Å². The molecule has 0 heteroatoms. The van der Waals surface area contributed by atoms with E-state index in [9.17, 15) is 0 Å². The third-order valence-electron chi connectivity index (χ3n) is 4.04. The predicted octanol–water partition coefficient (Wildman–Crippen LogP) is 7.75. The van der Waals surface area contributed by atoms with Crippen LogP contribution in [-0.2, 0) is 0 Å². The lowest BCUT2D eigenvalue weighted by molar-refractivity contribution is 0.419. The Kier molecular flexibility index (Phi) is 12.1. The summed E-state index contributed by atoms with van der Waals surface area (Å²) >= 11 is 0. The molecule has 1 aromatic carbocycles. The highest BCUT2D eigenvalue weighted by Crippen LogP contribution is 2.25. The molecule has 1 aromatic rings. The zero-order valence-corrected chi connectivity index (χ0v) is 14.8. The molecule has 1 fully saturated rings. The van der Waals surface area contributed by atoms with Crippen molar-refractivity contribution in [3.63, 3.8) is 0 Å². The average molecular weight is 313 g/mol. The van der Waals surface area contributed by atoms with E-state index in [1.807, 2.05) is 13.8 Å². The molecule has 1 aliphatic carbocycles. The monoisotopic (exact) mass is 312 g/mol. The van der Waals surface area contributed by atoms with E-state index in [1.165, 1.54) is 48.8 Å². The number of rotatable bonds is 4. The van der Waals surface area contributed by atoms with Gasteiger partial charge in [0.1, 0.15) is 0 Å². The van der Waals surface area contributed by atoms with Crippen molar-refractivity contribution >= 4 is 5.57 Å². The van der Waals surface area contributed by atoms with Crippen molar-refractivity contribution in [3.8, 4) is 0 Å². The van der Waals surface area contributed by atoms with Crippen LogP contribution in [-0.4, -0.2) is 0 Å². The molecule has 1 aliphatic rings. The molecule has 0 bridgehead atoms. The Labute approximate surface area is 145 Å². The summed E-state index contributed by atoms with van der Waals surface area (Å²) in [6.45, 7) is 8.21. The second-order valence-electron chi connectivity index (χ2n) is 5.77. The van der Waals surface area contributed by atoms with Gasteiger partial charge >= 0.3 is 0 Å². The largest absolute Gasteiger partial charge is 0.0870 e. The van der Waals surface area contributed by atoms with Gasteiger partial charge in [0.15, 0.2) is 0 Å². The van der Waals surface area contributed by atoms with E-state index in [0.29, 0.717) is 0 Å². The van der Waals surface area contributed by atoms with Gasteiger partial charge in [-0.25, -0.2) is 0 Å². The van der Waals surface area contributed by atoms with E-state index >= 15 is 0 Å². The number of benzene rings is 1. The highest BCUT2D eigenvalue weighted by atomic mass is 14.1. The third-order valence-corrected chi connectivity index (χ3v) is 4.04. The molecular formula is C23H36. The van der Waals surface area contributed by atoms with Crippen LogP contribution in [0.1, 0.15) is 71.4 Å². The third kappa shape index (κ3) is 8.02. The van der Waals surface area contributed by atoms with E-state index in [-0.39, 0.29) is 7.43 Å². The second-order valence-corrected chi connectivity index (χ2v) is 5.77. The fraction of sp³-hybridized carbons (Fsp3) is 0.478. The summed E-state index contributed by atoms with van der Waals surface area (Å²) in [6.07, 6.45) is 18.2. The fourth-order valence-electron chi connectivity index (χ4n) is 2.82. The zero-order chi connectivity index (χ0) is 16.2. The van der Waals surface area contributed by atoms with Crippen molar-refractivity contribution in [2.75, 3.05) is 0 Å². The highest BCUT2D eigenvalue weighted by molar-refractivity contribution is 5.75. The Morgan fingerprint density at radius 1 is 1.00 bits per heavy atom. The standard InChI is InChI=1S/C20H26.C2H6.CH4/c1-3-8-19(20-15-13-17(2)14-16-20)12-7-11-18-9-5-4-6-10-18;1-2;/h3,7-8,11-16,18H,4-6,9-10H2,1-2H3;1-2H3;1H4/b8-3-,11-7+,19-12+;;. The number of aryl methyl sites for hydroxylation is 1. The average Bonchev–Trinajstić information content (AvgIpc) is 2.58. The van der Waals surface area contributed by atoms with Crippen LogP contribution in [0.3, 0.4) is 0 Å². The molecule has 0 saturated heterocycles. The molecule has 0 N–H and O–H groups in total. The van der Waals surface area contributed by atoms with Crippen LogP contribution in [0.4, 0.5) is 0 Å². The molecule has 0 spiro atoms. The first kappa shape index (κ1) is 21.4. The number of hydrogen-bond acceptors (Lipinski definition) is 0. The first-order valence-corrected chi connectivity index (χ1v) is 8.88. The number of allylic oxidation sites excluding steroid dienone is 6. The van der Waals surface area contributed by atoms with E-state index < -0.39 is 0 Å². The predicted molar refractivity (Wildman–Crippen MR) is 108 cm³/mol. The maximum atomic E-state index is 2.40. The van der Waals surface area contributed by atoms with Gasteiger partial charge in [-0.15, -0.1) is 0 Å². The van der Waals surface area contributed by atoms with Crippen molar-refractivity contribution in [2.24, 2.45) is 5.92 Å². The normalized spacial score (nSPS) is 16.1. The summed E-state index contributed by atoms with van der Waals surface area (Å²) in [6, 6.07) is 8.76. The van der Waals surface area contributed by atoms with E-state index in [0.717, 1.165) is 5.92 Å². The van der Waals surface area contributed by atoms with Gasteiger partial charge in [-0.1, -0.05) is 101 Å². The van der Waals surface area contributed by atoms with Crippen molar-refractivity contribution in [3.05, 3.63) is 65.8 Å². The molecular weight excluding hydrogens is 276 g/mol. The first-order valence-electron chi connectivity index (χ1n) is 8.88. The summed E-state index contributed by atoms with van der Waals surface area (Å²) < 4.78 is 0. The van der Waals surface area contributed by atoms with E-state index in [1.54, 1.807) is 0 Å². The maximum Gasteiger partial charge on any atom is -0.0184 e. The molecule has 0 aromatic heterocycles. The smallest absolute Gasteiger partial charge is 0.0184 e. The van der Waals surface area contributed by atoms with Crippen molar-refractivity contribution in [2.45, 2.75) is 67.2 Å². The lowest BCUT2D eigenvalue weighted by Gasteiger charge is -2.17. The Bertz CT molecular complexity index is 479. The Balaban J connectivity index is 0.00000155. The molecule has 23 heavy (non-hydrogen) atoms. The lowest BCUT2D eigenvalue weighted by Crippen LogP contribution is -2.02. The Morgan fingerprint density at radius 3 is 2.17 bits per heavy atom. The summed E-state index contributed by atoms with van der Waals surface area (Å²) in [5, 5.41) is 0. The van der Waals surface area contributed by atoms with Crippen molar-refractivity contribution in [1.82, 2.24) is 0 Å². The Morgan fingerprint density at radius 2 is 1.61 bits per heavy atom. The van der Waals surface area contributed by atoms with Gasteiger partial charge in [0, 0.05) is 0 Å². The highest BCUT2D eigenvalue weighted by Gasteiger charge is 2.09. The molecule has 0 atom stereocenters. The molecule has 0 nitrogen and oxygen atoms in total. The van der Waals surface area contributed by atoms with Gasteiger partial charge in [-0.2, -0.15) is 0 Å². The van der Waals surface area contributed by atoms with Gasteiger partial charge < -0.3 is 0 Å². The minimum atomic E-state index is 0. The van der Waals surface area contributed by atoms with Gasteiger partial charge in [-0.05, 0) is 43.7 Å². The van der Waals surface area contributed by atoms with Crippen LogP contribution in [0.2, 0.25) is 0 Å². The second kappa shape index (κ2) is 12.9. The lowest BCUT2D eigenvalue weighted by atomic mass is 9.89. The van der Waals surface area contributed by atoms with Crippen molar-refractivity contribution < 1.29 is 0 Å². The van der Waals surface area contributed by atoms with E-state index in [2.05, 4.69) is 68.5 Å². The molecule has 0 heterocycles. The summed E-state index contributed by atoms with van der Waals surface area (Å²) in [4.78, 5) is 0. The topological polar surface area (TPSA) is 0 Å². The Hall–Kier alpha value is -1.56. The van der Waals surface area contributed by atoms with Gasteiger partial charge in [-0.3, -0.25) is 0 Å². The van der Waals surface area contributed by atoms with Crippen LogP contribution < -0.4 is 0 Å². The van der Waals surface area contributed by atoms with Crippen LogP contribution in [0.25, 0.3) is 5.57 Å². The van der Waals surface area contributed by atoms with Crippen LogP contribution in [0.15, 0.2) is 54.6 Å². The molecule has 2 rings (SSSR count). The SMILES string of the molecule is C.CC.C\C=C/C(=C\C=C\C1CCCCC1)c1ccc(C)cc1. The summed E-state index contributed by atoms with van der Waals surface area (Å²) in [5.41, 5.74) is 3.90. The number of hydrogen-bond donors (Lipinski definition) is 0. The first-order chi connectivity index (χ1) is 10.8. The van der Waals surface area contributed by atoms with Crippen LogP contribution in [0, 0.1) is 12.8 Å². The quantitative estimate of drug-likeness (QED) is 0.498. The molecule has 0 radical (unpaired) electrons. The summed E-state index contributed by atoms with van der Waals surface area (Å²) in [7, 11) is 0. The fourth-order valence-corrected chi connectivity index (χ4v) is 2.82. The molecule has 0 amide bonds. The van der Waals surface area contributed by atoms with Crippen LogP contribution in [0.5, 0.6) is 0 Å². The molecule has 128 valence electrons.